The summed E-state index contributed by atoms with van der Waals surface area (Å²) in [5.41, 5.74) is 4.80. The Labute approximate surface area is 68.1 Å². The monoisotopic (exact) mass is 169 g/mol. The molecule has 0 saturated carbocycles. The summed E-state index contributed by atoms with van der Waals surface area (Å²) >= 11 is 0. The first kappa shape index (κ1) is 7.30. The number of ketones is 1. The van der Waals surface area contributed by atoms with Gasteiger partial charge >= 0.3 is 6.09 Å². The number of carbonyl (C=O) groups is 2. The summed E-state index contributed by atoms with van der Waals surface area (Å²) < 4.78 is 9.63. The molecular weight excluding hydrogens is 162 g/mol. The van der Waals surface area contributed by atoms with Crippen LogP contribution >= 0.6 is 0 Å². The van der Waals surface area contributed by atoms with Gasteiger partial charge in [-0.3, -0.25) is 4.79 Å². The highest BCUT2D eigenvalue weighted by molar-refractivity contribution is 5.97. The van der Waals surface area contributed by atoms with Crippen molar-refractivity contribution in [3.05, 3.63) is 12.2 Å². The van der Waals surface area contributed by atoms with Gasteiger partial charge in [0.15, 0.2) is 18.0 Å². The summed E-state index contributed by atoms with van der Waals surface area (Å²) in [6.45, 7) is 0. The van der Waals surface area contributed by atoms with Crippen molar-refractivity contribution in [2.75, 3.05) is 0 Å². The normalized spacial score (nSPS) is 37.3. The van der Waals surface area contributed by atoms with Crippen molar-refractivity contribution in [1.29, 1.82) is 0 Å². The lowest BCUT2D eigenvalue weighted by Gasteiger charge is -2.11. The molecule has 1 saturated heterocycles. The zero-order valence-electron chi connectivity index (χ0n) is 6.10. The number of rotatable bonds is 1. The summed E-state index contributed by atoms with van der Waals surface area (Å²) in [5.74, 6) is -0.0793. The number of amides is 1. The first-order valence-corrected chi connectivity index (χ1v) is 3.52. The fourth-order valence-corrected chi connectivity index (χ4v) is 1.24. The van der Waals surface area contributed by atoms with Crippen LogP contribution in [0.15, 0.2) is 12.2 Å². The van der Waals surface area contributed by atoms with Crippen molar-refractivity contribution in [3.63, 3.8) is 0 Å². The maximum atomic E-state index is 10.9. The molecule has 0 aromatic carbocycles. The number of primary amides is 1. The van der Waals surface area contributed by atoms with Crippen molar-refractivity contribution in [2.45, 2.75) is 18.3 Å². The van der Waals surface area contributed by atoms with E-state index >= 15 is 0 Å². The average molecular weight is 169 g/mol. The van der Waals surface area contributed by atoms with Crippen LogP contribution in [-0.4, -0.2) is 30.2 Å². The fraction of sp³-hybridized carbons (Fsp3) is 0.429. The lowest BCUT2D eigenvalue weighted by Crippen LogP contribution is -2.30. The summed E-state index contributed by atoms with van der Waals surface area (Å²) in [5, 5.41) is 0. The standard InChI is InChI=1S/C7H7NO4/c8-7(10)11-4-2-1-3(9)5-6(4)12-5/h1-2,4-6H,(H2,8,10). The molecule has 2 rings (SSSR count). The Hall–Kier alpha value is -1.36. The SMILES string of the molecule is NC(=O)OC1C=CC(=O)C2OC12. The van der Waals surface area contributed by atoms with E-state index in [9.17, 15) is 9.59 Å². The third kappa shape index (κ3) is 1.08. The summed E-state index contributed by atoms with van der Waals surface area (Å²) in [6, 6.07) is 0. The number of carbonyl (C=O) groups excluding carboxylic acids is 2. The highest BCUT2D eigenvalue weighted by Gasteiger charge is 2.52. The van der Waals surface area contributed by atoms with E-state index in [4.69, 9.17) is 10.5 Å². The zero-order valence-corrected chi connectivity index (χ0v) is 6.10. The van der Waals surface area contributed by atoms with Gasteiger partial charge in [0.25, 0.3) is 0 Å². The van der Waals surface area contributed by atoms with Crippen molar-refractivity contribution in [3.8, 4) is 0 Å². The zero-order chi connectivity index (χ0) is 8.72. The van der Waals surface area contributed by atoms with E-state index in [0.29, 0.717) is 0 Å². The molecule has 3 atom stereocenters. The van der Waals surface area contributed by atoms with Crippen LogP contribution in [0, 0.1) is 0 Å². The van der Waals surface area contributed by atoms with Crippen molar-refractivity contribution >= 4 is 11.9 Å². The molecule has 0 bridgehead atoms. The predicted molar refractivity (Wildman–Crippen MR) is 37.3 cm³/mol. The Morgan fingerprint density at radius 3 is 3.08 bits per heavy atom. The van der Waals surface area contributed by atoms with Gasteiger partial charge in [-0.05, 0) is 12.2 Å². The average Bonchev–Trinajstić information content (AvgIpc) is 2.73. The van der Waals surface area contributed by atoms with Crippen LogP contribution in [0.1, 0.15) is 0 Å². The van der Waals surface area contributed by atoms with Crippen molar-refractivity contribution < 1.29 is 19.1 Å². The molecular formula is C7H7NO4. The van der Waals surface area contributed by atoms with E-state index in [1.165, 1.54) is 12.2 Å². The lowest BCUT2D eigenvalue weighted by atomic mass is 10.0. The number of epoxide rings is 1. The van der Waals surface area contributed by atoms with Crippen LogP contribution in [-0.2, 0) is 14.3 Å². The first-order valence-electron chi connectivity index (χ1n) is 3.52. The molecule has 0 radical (unpaired) electrons. The molecule has 0 aromatic rings. The molecule has 64 valence electrons. The minimum atomic E-state index is -0.853. The van der Waals surface area contributed by atoms with Gasteiger partial charge in [-0.25, -0.2) is 4.79 Å². The lowest BCUT2D eigenvalue weighted by molar-refractivity contribution is -0.115. The summed E-state index contributed by atoms with van der Waals surface area (Å²) in [7, 11) is 0. The second kappa shape index (κ2) is 2.31. The van der Waals surface area contributed by atoms with Gasteiger partial charge in [0, 0.05) is 0 Å². The van der Waals surface area contributed by atoms with Crippen molar-refractivity contribution in [2.24, 2.45) is 5.73 Å². The minimum Gasteiger partial charge on any atom is -0.439 e. The Balaban J connectivity index is 2.05. The summed E-state index contributed by atoms with van der Waals surface area (Å²) in [6.07, 6.45) is 0.760. The second-order valence-electron chi connectivity index (χ2n) is 2.68. The Morgan fingerprint density at radius 1 is 1.67 bits per heavy atom. The third-order valence-electron chi connectivity index (χ3n) is 1.83. The topological polar surface area (TPSA) is 81.9 Å². The Kier molecular flexibility index (Phi) is 1.41. The fourth-order valence-electron chi connectivity index (χ4n) is 1.24. The molecule has 12 heavy (non-hydrogen) atoms. The van der Waals surface area contributed by atoms with E-state index < -0.39 is 18.3 Å². The van der Waals surface area contributed by atoms with Crippen LogP contribution in [0.5, 0.6) is 0 Å². The molecule has 5 nitrogen and oxygen atoms in total. The number of nitrogens with two attached hydrogens (primary N) is 1. The summed E-state index contributed by atoms with van der Waals surface area (Å²) in [4.78, 5) is 21.2. The number of hydrogen-bond acceptors (Lipinski definition) is 4. The highest BCUT2D eigenvalue weighted by Crippen LogP contribution is 2.32. The van der Waals surface area contributed by atoms with Gasteiger partial charge < -0.3 is 15.2 Å². The molecule has 1 heterocycles. The van der Waals surface area contributed by atoms with Gasteiger partial charge in [0.05, 0.1) is 0 Å². The maximum absolute atomic E-state index is 10.9. The van der Waals surface area contributed by atoms with Crippen LogP contribution < -0.4 is 5.73 Å². The van der Waals surface area contributed by atoms with E-state index in [1.54, 1.807) is 0 Å². The predicted octanol–water partition coefficient (Wildman–Crippen LogP) is -0.643. The molecule has 1 fully saturated rings. The third-order valence-corrected chi connectivity index (χ3v) is 1.83. The molecule has 3 unspecified atom stereocenters. The largest absolute Gasteiger partial charge is 0.439 e. The minimum absolute atomic E-state index is 0.0793. The molecule has 2 N–H and O–H groups in total. The van der Waals surface area contributed by atoms with Crippen LogP contribution in [0.3, 0.4) is 0 Å². The smallest absolute Gasteiger partial charge is 0.405 e. The number of ether oxygens (including phenoxy) is 2. The Morgan fingerprint density at radius 2 is 2.42 bits per heavy atom. The maximum Gasteiger partial charge on any atom is 0.405 e. The molecule has 1 aliphatic heterocycles. The van der Waals surface area contributed by atoms with Crippen LogP contribution in [0.25, 0.3) is 0 Å². The molecule has 1 aliphatic carbocycles. The number of hydrogen-bond donors (Lipinski definition) is 1. The van der Waals surface area contributed by atoms with E-state index in [1.807, 2.05) is 0 Å². The Bertz CT molecular complexity index is 273. The molecule has 1 amide bonds. The van der Waals surface area contributed by atoms with Crippen LogP contribution in [0.4, 0.5) is 4.79 Å². The first-order chi connectivity index (χ1) is 5.68. The quantitative estimate of drug-likeness (QED) is 0.529. The van der Waals surface area contributed by atoms with Gasteiger partial charge in [0.1, 0.15) is 6.10 Å². The van der Waals surface area contributed by atoms with Crippen molar-refractivity contribution in [1.82, 2.24) is 0 Å². The number of fused-ring (bicyclic) bond motifs is 1. The van der Waals surface area contributed by atoms with Gasteiger partial charge in [-0.15, -0.1) is 0 Å². The molecule has 5 heteroatoms. The van der Waals surface area contributed by atoms with Gasteiger partial charge in [-0.1, -0.05) is 0 Å². The van der Waals surface area contributed by atoms with Gasteiger partial charge in [-0.2, -0.15) is 0 Å². The van der Waals surface area contributed by atoms with E-state index in [-0.39, 0.29) is 11.9 Å². The van der Waals surface area contributed by atoms with E-state index in [0.717, 1.165) is 0 Å². The highest BCUT2D eigenvalue weighted by atomic mass is 16.6. The molecule has 0 spiro atoms. The van der Waals surface area contributed by atoms with Gasteiger partial charge in [0.2, 0.25) is 0 Å². The molecule has 0 aromatic heterocycles. The van der Waals surface area contributed by atoms with Crippen LogP contribution in [0.2, 0.25) is 0 Å². The molecule has 2 aliphatic rings. The van der Waals surface area contributed by atoms with E-state index in [2.05, 4.69) is 4.74 Å². The second-order valence-corrected chi connectivity index (χ2v) is 2.68.